The summed E-state index contributed by atoms with van der Waals surface area (Å²) in [5.41, 5.74) is 0.622. The summed E-state index contributed by atoms with van der Waals surface area (Å²) >= 11 is 0. The van der Waals surface area contributed by atoms with E-state index in [1.165, 1.54) is 12.1 Å². The van der Waals surface area contributed by atoms with E-state index in [-0.39, 0.29) is 5.82 Å². The van der Waals surface area contributed by atoms with Crippen molar-refractivity contribution >= 4 is 0 Å². The zero-order valence-corrected chi connectivity index (χ0v) is 11.9. The molecular formula is C15H25FN2O. The molecule has 1 rings (SSSR count). The summed E-state index contributed by atoms with van der Waals surface area (Å²) in [5.74, 6) is -0.307. The molecule has 0 aliphatic rings. The average Bonchev–Trinajstić information content (AvgIpc) is 2.42. The van der Waals surface area contributed by atoms with E-state index in [0.29, 0.717) is 12.1 Å². The van der Waals surface area contributed by atoms with Crippen LogP contribution in [0.5, 0.6) is 0 Å². The molecule has 1 unspecified atom stereocenters. The Morgan fingerprint density at radius 2 is 2.05 bits per heavy atom. The number of hydrogen-bond donors (Lipinski definition) is 2. The zero-order chi connectivity index (χ0) is 14.1. The second-order valence-corrected chi connectivity index (χ2v) is 4.66. The van der Waals surface area contributed by atoms with Gasteiger partial charge in [0.2, 0.25) is 0 Å². The molecule has 0 radical (unpaired) electrons. The number of hydrogen-bond acceptors (Lipinski definition) is 3. The van der Waals surface area contributed by atoms with Gasteiger partial charge in [-0.05, 0) is 50.3 Å². The standard InChI is InChI=1S/C15H25FN2O/c1-3-18(4-2)10-6-9-17-12-15(19)13-7-5-8-14(16)11-13/h5,7-8,11,15,17,19H,3-4,6,9-10,12H2,1-2H3. The Morgan fingerprint density at radius 1 is 1.32 bits per heavy atom. The Labute approximate surface area is 115 Å². The molecule has 0 spiro atoms. The molecule has 1 aromatic carbocycles. The monoisotopic (exact) mass is 268 g/mol. The molecule has 0 heterocycles. The number of rotatable bonds is 9. The number of aliphatic hydroxyl groups excluding tert-OH is 1. The third kappa shape index (κ3) is 6.14. The largest absolute Gasteiger partial charge is 0.387 e. The minimum absolute atomic E-state index is 0.307. The number of nitrogens with zero attached hydrogens (tertiary/aromatic N) is 1. The lowest BCUT2D eigenvalue weighted by molar-refractivity contribution is 0.173. The zero-order valence-electron chi connectivity index (χ0n) is 11.9. The molecule has 0 fully saturated rings. The predicted octanol–water partition coefficient (Wildman–Crippen LogP) is 2.18. The van der Waals surface area contributed by atoms with Gasteiger partial charge in [-0.2, -0.15) is 0 Å². The maximum Gasteiger partial charge on any atom is 0.123 e. The van der Waals surface area contributed by atoms with Gasteiger partial charge in [0.05, 0.1) is 6.10 Å². The van der Waals surface area contributed by atoms with E-state index in [2.05, 4.69) is 24.1 Å². The Morgan fingerprint density at radius 3 is 2.68 bits per heavy atom. The van der Waals surface area contributed by atoms with Gasteiger partial charge in [0.1, 0.15) is 5.82 Å². The molecule has 1 atom stereocenters. The smallest absolute Gasteiger partial charge is 0.123 e. The van der Waals surface area contributed by atoms with E-state index in [0.717, 1.165) is 32.6 Å². The van der Waals surface area contributed by atoms with Gasteiger partial charge in [-0.3, -0.25) is 0 Å². The summed E-state index contributed by atoms with van der Waals surface area (Å²) in [6.07, 6.45) is 0.404. The molecule has 0 bridgehead atoms. The van der Waals surface area contributed by atoms with Gasteiger partial charge in [0.25, 0.3) is 0 Å². The summed E-state index contributed by atoms with van der Waals surface area (Å²) in [7, 11) is 0. The second-order valence-electron chi connectivity index (χ2n) is 4.66. The Bertz CT molecular complexity index is 356. The van der Waals surface area contributed by atoms with Crippen molar-refractivity contribution in [1.29, 1.82) is 0 Å². The van der Waals surface area contributed by atoms with Crippen LogP contribution in [0.1, 0.15) is 31.9 Å². The molecule has 1 aromatic rings. The normalized spacial score (nSPS) is 12.9. The van der Waals surface area contributed by atoms with Gasteiger partial charge >= 0.3 is 0 Å². The van der Waals surface area contributed by atoms with Crippen molar-refractivity contribution in [3.05, 3.63) is 35.6 Å². The minimum atomic E-state index is -0.649. The van der Waals surface area contributed by atoms with Crippen molar-refractivity contribution < 1.29 is 9.50 Å². The maximum absolute atomic E-state index is 13.0. The highest BCUT2D eigenvalue weighted by atomic mass is 19.1. The van der Waals surface area contributed by atoms with Gasteiger partial charge in [-0.1, -0.05) is 26.0 Å². The number of halogens is 1. The highest BCUT2D eigenvalue weighted by Gasteiger charge is 2.07. The topological polar surface area (TPSA) is 35.5 Å². The Kier molecular flexibility index (Phi) is 7.63. The molecule has 19 heavy (non-hydrogen) atoms. The van der Waals surface area contributed by atoms with E-state index in [1.54, 1.807) is 12.1 Å². The third-order valence-corrected chi connectivity index (χ3v) is 3.29. The average molecular weight is 268 g/mol. The van der Waals surface area contributed by atoms with Crippen LogP contribution < -0.4 is 5.32 Å². The van der Waals surface area contributed by atoms with E-state index in [9.17, 15) is 9.50 Å². The van der Waals surface area contributed by atoms with Crippen LogP contribution >= 0.6 is 0 Å². The van der Waals surface area contributed by atoms with Gasteiger partial charge in [-0.25, -0.2) is 4.39 Å². The summed E-state index contributed by atoms with van der Waals surface area (Å²) in [5, 5.41) is 13.1. The van der Waals surface area contributed by atoms with E-state index in [4.69, 9.17) is 0 Å². The first-order valence-electron chi connectivity index (χ1n) is 7.04. The first kappa shape index (κ1) is 16.1. The number of aliphatic hydroxyl groups is 1. The summed E-state index contributed by atoms with van der Waals surface area (Å²) in [4.78, 5) is 2.37. The van der Waals surface area contributed by atoms with Gasteiger partial charge in [0, 0.05) is 6.54 Å². The fourth-order valence-electron chi connectivity index (χ4n) is 2.04. The lowest BCUT2D eigenvalue weighted by Crippen LogP contribution is -2.28. The molecule has 0 aliphatic carbocycles. The third-order valence-electron chi connectivity index (χ3n) is 3.29. The first-order valence-corrected chi connectivity index (χ1v) is 7.04. The first-order chi connectivity index (χ1) is 9.17. The summed E-state index contributed by atoms with van der Waals surface area (Å²) < 4.78 is 13.0. The lowest BCUT2D eigenvalue weighted by atomic mass is 10.1. The quantitative estimate of drug-likeness (QED) is 0.674. The molecule has 0 saturated carbocycles. The van der Waals surface area contributed by atoms with Gasteiger partial charge < -0.3 is 15.3 Å². The van der Waals surface area contributed by atoms with Crippen molar-refractivity contribution in [3.63, 3.8) is 0 Å². The van der Waals surface area contributed by atoms with Crippen LogP contribution in [0.15, 0.2) is 24.3 Å². The van der Waals surface area contributed by atoms with Crippen LogP contribution in [0, 0.1) is 5.82 Å². The fourth-order valence-corrected chi connectivity index (χ4v) is 2.04. The van der Waals surface area contributed by atoms with Crippen LogP contribution in [0.2, 0.25) is 0 Å². The molecule has 4 heteroatoms. The van der Waals surface area contributed by atoms with Crippen molar-refractivity contribution in [1.82, 2.24) is 10.2 Å². The highest BCUT2D eigenvalue weighted by molar-refractivity contribution is 5.18. The van der Waals surface area contributed by atoms with Crippen molar-refractivity contribution in [2.45, 2.75) is 26.4 Å². The summed E-state index contributed by atoms with van der Waals surface area (Å²) in [6, 6.07) is 6.12. The SMILES string of the molecule is CCN(CC)CCCNCC(O)c1cccc(F)c1. The molecule has 0 saturated heterocycles. The van der Waals surface area contributed by atoms with Crippen LogP contribution in [-0.2, 0) is 0 Å². The number of nitrogens with one attached hydrogen (secondary N) is 1. The highest BCUT2D eigenvalue weighted by Crippen LogP contribution is 2.12. The summed E-state index contributed by atoms with van der Waals surface area (Å²) in [6.45, 7) is 8.85. The fraction of sp³-hybridized carbons (Fsp3) is 0.600. The van der Waals surface area contributed by atoms with Crippen LogP contribution in [0.25, 0.3) is 0 Å². The van der Waals surface area contributed by atoms with Crippen LogP contribution in [0.3, 0.4) is 0 Å². The van der Waals surface area contributed by atoms with Crippen molar-refractivity contribution in [2.75, 3.05) is 32.7 Å². The van der Waals surface area contributed by atoms with Crippen molar-refractivity contribution in [3.8, 4) is 0 Å². The maximum atomic E-state index is 13.0. The lowest BCUT2D eigenvalue weighted by Gasteiger charge is -2.18. The molecule has 3 nitrogen and oxygen atoms in total. The Balaban J connectivity index is 2.19. The molecule has 108 valence electrons. The molecule has 2 N–H and O–H groups in total. The Hall–Kier alpha value is -0.970. The van der Waals surface area contributed by atoms with Crippen LogP contribution in [0.4, 0.5) is 4.39 Å². The molecular weight excluding hydrogens is 243 g/mol. The van der Waals surface area contributed by atoms with Gasteiger partial charge in [-0.15, -0.1) is 0 Å². The second kappa shape index (κ2) is 9.02. The molecule has 0 aliphatic heterocycles. The molecule has 0 aromatic heterocycles. The van der Waals surface area contributed by atoms with Crippen molar-refractivity contribution in [2.24, 2.45) is 0 Å². The van der Waals surface area contributed by atoms with E-state index < -0.39 is 6.10 Å². The minimum Gasteiger partial charge on any atom is -0.387 e. The van der Waals surface area contributed by atoms with E-state index >= 15 is 0 Å². The number of benzene rings is 1. The predicted molar refractivity (Wildman–Crippen MR) is 76.6 cm³/mol. The van der Waals surface area contributed by atoms with E-state index in [1.807, 2.05) is 0 Å². The molecule has 0 amide bonds. The van der Waals surface area contributed by atoms with Gasteiger partial charge in [0.15, 0.2) is 0 Å². The van der Waals surface area contributed by atoms with Crippen LogP contribution in [-0.4, -0.2) is 42.7 Å².